The number of aryl methyl sites for hydroxylation is 1. The molecule has 2 N–H and O–H groups in total. The highest BCUT2D eigenvalue weighted by Gasteiger charge is 2.35. The summed E-state index contributed by atoms with van der Waals surface area (Å²) in [6, 6.07) is 10.1. The average molecular weight is 349 g/mol. The molecule has 1 aromatic carbocycles. The molecule has 2 heterocycles. The number of nitrogens with zero attached hydrogens (tertiary/aromatic N) is 4. The minimum absolute atomic E-state index is 0.431. The molecule has 0 amide bonds. The minimum Gasteiger partial charge on any atom is -0.335 e. The van der Waals surface area contributed by atoms with Crippen LogP contribution in [0.2, 0.25) is 0 Å². The maximum atomic E-state index is 6.39. The van der Waals surface area contributed by atoms with Crippen LogP contribution in [0.1, 0.15) is 54.3 Å². The Morgan fingerprint density at radius 2 is 1.85 bits per heavy atom. The highest BCUT2D eigenvalue weighted by atomic mass is 16.5. The third kappa shape index (κ3) is 2.97. The number of nitrogens with two attached hydrogens (primary N) is 1. The number of aromatic nitrogens is 4. The molecule has 6 nitrogen and oxygen atoms in total. The highest BCUT2D eigenvalue weighted by molar-refractivity contribution is 5.69. The second-order valence-corrected chi connectivity index (χ2v) is 6.98. The van der Waals surface area contributed by atoms with Gasteiger partial charge in [0.25, 0.3) is 5.89 Å². The zero-order chi connectivity index (χ0) is 18.1. The Hall–Kier alpha value is -2.73. The van der Waals surface area contributed by atoms with Gasteiger partial charge in [0.2, 0.25) is 0 Å². The molecular formula is C20H23N5O. The lowest BCUT2D eigenvalue weighted by molar-refractivity contribution is 0.364. The fourth-order valence-electron chi connectivity index (χ4n) is 3.61. The van der Waals surface area contributed by atoms with Gasteiger partial charge in [0.1, 0.15) is 0 Å². The molecule has 0 atom stereocenters. The van der Waals surface area contributed by atoms with Crippen LogP contribution < -0.4 is 5.73 Å². The first kappa shape index (κ1) is 16.7. The summed E-state index contributed by atoms with van der Waals surface area (Å²) in [5.41, 5.74) is 10.1. The van der Waals surface area contributed by atoms with E-state index in [4.69, 9.17) is 10.3 Å². The van der Waals surface area contributed by atoms with E-state index < -0.39 is 5.54 Å². The molecule has 0 aliphatic heterocycles. The van der Waals surface area contributed by atoms with Gasteiger partial charge in [-0.25, -0.2) is 4.68 Å². The molecule has 26 heavy (non-hydrogen) atoms. The molecule has 1 saturated carbocycles. The summed E-state index contributed by atoms with van der Waals surface area (Å²) in [5.74, 6) is 1.09. The average Bonchev–Trinajstić information content (AvgIpc) is 3.35. The molecule has 0 unspecified atom stereocenters. The van der Waals surface area contributed by atoms with Crippen LogP contribution in [-0.4, -0.2) is 19.9 Å². The van der Waals surface area contributed by atoms with Gasteiger partial charge in [0, 0.05) is 17.3 Å². The molecule has 1 aliphatic carbocycles. The predicted octanol–water partition coefficient (Wildman–Crippen LogP) is 3.77. The van der Waals surface area contributed by atoms with Crippen LogP contribution >= 0.6 is 0 Å². The first-order valence-corrected chi connectivity index (χ1v) is 9.00. The predicted molar refractivity (Wildman–Crippen MR) is 101 cm³/mol. The standard InChI is InChI=1S/C20H23N5O/c1-14-17(15(2)25(23-14)16-8-4-3-5-9-16)10-11-18-22-19(24-26-18)20(21)12-6-7-13-20/h3-5,8-11H,6-7,12-13,21H2,1-2H3/b11-10+. The summed E-state index contributed by atoms with van der Waals surface area (Å²) in [5, 5.41) is 8.75. The van der Waals surface area contributed by atoms with E-state index in [1.165, 1.54) is 0 Å². The molecule has 3 aromatic rings. The van der Waals surface area contributed by atoms with Crippen LogP contribution in [-0.2, 0) is 5.54 Å². The first-order chi connectivity index (χ1) is 12.6. The van der Waals surface area contributed by atoms with Crippen LogP contribution in [0.4, 0.5) is 0 Å². The van der Waals surface area contributed by atoms with Crippen molar-refractivity contribution in [3.05, 3.63) is 59.0 Å². The largest absolute Gasteiger partial charge is 0.335 e. The molecule has 0 bridgehead atoms. The summed E-state index contributed by atoms with van der Waals surface area (Å²) < 4.78 is 7.33. The fourth-order valence-corrected chi connectivity index (χ4v) is 3.61. The van der Waals surface area contributed by atoms with E-state index in [9.17, 15) is 0 Å². The summed E-state index contributed by atoms with van der Waals surface area (Å²) in [6.45, 7) is 4.05. The fraction of sp³-hybridized carbons (Fsp3) is 0.350. The number of benzene rings is 1. The Bertz CT molecular complexity index is 933. The molecule has 4 rings (SSSR count). The zero-order valence-electron chi connectivity index (χ0n) is 15.1. The van der Waals surface area contributed by atoms with E-state index in [0.717, 1.165) is 48.3 Å². The van der Waals surface area contributed by atoms with Crippen LogP contribution in [0.5, 0.6) is 0 Å². The van der Waals surface area contributed by atoms with Gasteiger partial charge in [-0.2, -0.15) is 10.1 Å². The van der Waals surface area contributed by atoms with Crippen molar-refractivity contribution in [3.8, 4) is 5.69 Å². The van der Waals surface area contributed by atoms with Crippen molar-refractivity contribution in [1.29, 1.82) is 0 Å². The molecule has 1 fully saturated rings. The summed E-state index contributed by atoms with van der Waals surface area (Å²) in [4.78, 5) is 4.49. The first-order valence-electron chi connectivity index (χ1n) is 9.00. The van der Waals surface area contributed by atoms with Crippen LogP contribution in [0.3, 0.4) is 0 Å². The van der Waals surface area contributed by atoms with E-state index in [2.05, 4.69) is 22.2 Å². The van der Waals surface area contributed by atoms with Gasteiger partial charge in [0.05, 0.1) is 16.9 Å². The number of hydrogen-bond donors (Lipinski definition) is 1. The van der Waals surface area contributed by atoms with E-state index in [0.29, 0.717) is 11.7 Å². The topological polar surface area (TPSA) is 82.8 Å². The molecule has 0 spiro atoms. The summed E-state index contributed by atoms with van der Waals surface area (Å²) in [7, 11) is 0. The Kier molecular flexibility index (Phi) is 4.20. The maximum Gasteiger partial charge on any atom is 0.250 e. The Balaban J connectivity index is 1.60. The third-order valence-corrected chi connectivity index (χ3v) is 5.12. The number of rotatable bonds is 4. The van der Waals surface area contributed by atoms with Gasteiger partial charge in [-0.05, 0) is 44.9 Å². The molecule has 134 valence electrons. The van der Waals surface area contributed by atoms with Crippen molar-refractivity contribution >= 4 is 12.2 Å². The van der Waals surface area contributed by atoms with E-state index >= 15 is 0 Å². The molecular weight excluding hydrogens is 326 g/mol. The Labute approximate surface area is 152 Å². The van der Waals surface area contributed by atoms with Crippen molar-refractivity contribution in [2.75, 3.05) is 0 Å². The van der Waals surface area contributed by atoms with Crippen molar-refractivity contribution in [1.82, 2.24) is 19.9 Å². The molecule has 6 heteroatoms. The van der Waals surface area contributed by atoms with Crippen molar-refractivity contribution in [2.45, 2.75) is 45.1 Å². The second-order valence-electron chi connectivity index (χ2n) is 6.98. The monoisotopic (exact) mass is 349 g/mol. The highest BCUT2D eigenvalue weighted by Crippen LogP contribution is 2.34. The second kappa shape index (κ2) is 6.53. The van der Waals surface area contributed by atoms with E-state index in [1.807, 2.05) is 54.1 Å². The van der Waals surface area contributed by atoms with Crippen molar-refractivity contribution in [2.24, 2.45) is 5.73 Å². The van der Waals surface area contributed by atoms with Gasteiger partial charge in [-0.15, -0.1) is 0 Å². The lowest BCUT2D eigenvalue weighted by Gasteiger charge is -2.17. The van der Waals surface area contributed by atoms with Crippen LogP contribution in [0.25, 0.3) is 17.8 Å². The van der Waals surface area contributed by atoms with Gasteiger partial charge >= 0.3 is 0 Å². The number of hydrogen-bond acceptors (Lipinski definition) is 5. The molecule has 0 radical (unpaired) electrons. The van der Waals surface area contributed by atoms with Crippen LogP contribution in [0, 0.1) is 13.8 Å². The lowest BCUT2D eigenvalue weighted by Crippen LogP contribution is -2.34. The van der Waals surface area contributed by atoms with Crippen molar-refractivity contribution < 1.29 is 4.52 Å². The van der Waals surface area contributed by atoms with Gasteiger partial charge in [-0.3, -0.25) is 0 Å². The Morgan fingerprint density at radius 3 is 2.58 bits per heavy atom. The van der Waals surface area contributed by atoms with Gasteiger partial charge < -0.3 is 10.3 Å². The maximum absolute atomic E-state index is 6.39. The number of para-hydroxylation sites is 1. The van der Waals surface area contributed by atoms with Gasteiger partial charge in [-0.1, -0.05) is 36.2 Å². The Morgan fingerprint density at radius 1 is 1.12 bits per heavy atom. The zero-order valence-corrected chi connectivity index (χ0v) is 15.1. The summed E-state index contributed by atoms with van der Waals surface area (Å²) in [6.07, 6.45) is 7.88. The molecule has 1 aliphatic rings. The normalized spacial score (nSPS) is 16.6. The quantitative estimate of drug-likeness (QED) is 0.775. The minimum atomic E-state index is -0.431. The molecule has 2 aromatic heterocycles. The lowest BCUT2D eigenvalue weighted by atomic mass is 9.99. The smallest absolute Gasteiger partial charge is 0.250 e. The third-order valence-electron chi connectivity index (χ3n) is 5.12. The molecule has 0 saturated heterocycles. The van der Waals surface area contributed by atoms with Crippen molar-refractivity contribution in [3.63, 3.8) is 0 Å². The summed E-state index contributed by atoms with van der Waals surface area (Å²) >= 11 is 0. The van der Waals surface area contributed by atoms with Gasteiger partial charge in [0.15, 0.2) is 5.82 Å². The SMILES string of the molecule is Cc1nn(-c2ccccc2)c(C)c1/C=C/c1nc(C2(N)CCCC2)no1. The van der Waals surface area contributed by atoms with E-state index in [-0.39, 0.29) is 0 Å². The van der Waals surface area contributed by atoms with Crippen LogP contribution in [0.15, 0.2) is 34.9 Å². The van der Waals surface area contributed by atoms with E-state index in [1.54, 1.807) is 0 Å².